The second kappa shape index (κ2) is 15.9. The van der Waals surface area contributed by atoms with Crippen molar-refractivity contribution in [2.75, 3.05) is 6.61 Å². The Balaban J connectivity index is 0.000000261. The number of unbranched alkanes of at least 4 members (excludes halogenated alkanes) is 4. The Morgan fingerprint density at radius 1 is 0.919 bits per heavy atom. The number of carbonyl (C=O) groups is 2. The standard InChI is InChI=1S/C15H12ClFO2.C14H20ClNO2/c16-13-9-12(6-7-14(13)17)11-4-1-10(2-5-11)3-8-15(18)19;1-2-3-4-5-6-9-18-13-8-7-11(15)10-12(13)14(16)17/h1-2,4-7,9H,3,8H2,(H,18,19);7-8,10H,2-6,9H2,1H3,(H2,16,17). The fourth-order valence-electron chi connectivity index (χ4n) is 3.50. The Morgan fingerprint density at radius 2 is 1.59 bits per heavy atom. The molecule has 37 heavy (non-hydrogen) atoms. The number of aliphatic carboxylic acids is 1. The van der Waals surface area contributed by atoms with Crippen LogP contribution < -0.4 is 10.5 Å². The minimum absolute atomic E-state index is 0.0902. The van der Waals surface area contributed by atoms with Crippen molar-refractivity contribution in [2.24, 2.45) is 5.73 Å². The van der Waals surface area contributed by atoms with Gasteiger partial charge in [0.25, 0.3) is 5.91 Å². The first-order chi connectivity index (χ1) is 17.7. The van der Waals surface area contributed by atoms with Gasteiger partial charge in [-0.3, -0.25) is 9.59 Å². The summed E-state index contributed by atoms with van der Waals surface area (Å²) in [5.41, 5.74) is 8.32. The van der Waals surface area contributed by atoms with Crippen molar-refractivity contribution in [3.8, 4) is 16.9 Å². The normalized spacial score (nSPS) is 10.4. The molecular formula is C29H32Cl2FNO4. The zero-order valence-electron chi connectivity index (χ0n) is 20.8. The number of carboxylic acids is 1. The monoisotopic (exact) mass is 547 g/mol. The van der Waals surface area contributed by atoms with Gasteiger partial charge in [-0.1, -0.05) is 86.1 Å². The number of carbonyl (C=O) groups excluding carboxylic acids is 1. The highest BCUT2D eigenvalue weighted by Gasteiger charge is 2.10. The van der Waals surface area contributed by atoms with E-state index in [1.54, 1.807) is 24.3 Å². The van der Waals surface area contributed by atoms with Gasteiger partial charge in [-0.25, -0.2) is 4.39 Å². The molecule has 1 amide bonds. The van der Waals surface area contributed by atoms with Gasteiger partial charge < -0.3 is 15.6 Å². The van der Waals surface area contributed by atoms with Crippen LogP contribution in [0.3, 0.4) is 0 Å². The number of hydrogen-bond donors (Lipinski definition) is 2. The van der Waals surface area contributed by atoms with Crippen molar-refractivity contribution >= 4 is 35.1 Å². The molecule has 8 heteroatoms. The van der Waals surface area contributed by atoms with Gasteiger partial charge in [0.2, 0.25) is 0 Å². The number of amides is 1. The molecular weight excluding hydrogens is 516 g/mol. The average molecular weight is 548 g/mol. The molecule has 0 saturated carbocycles. The lowest BCUT2D eigenvalue weighted by atomic mass is 10.0. The van der Waals surface area contributed by atoms with Gasteiger partial charge in [0, 0.05) is 11.4 Å². The zero-order chi connectivity index (χ0) is 27.2. The topological polar surface area (TPSA) is 89.6 Å². The predicted octanol–water partition coefficient (Wildman–Crippen LogP) is 7.95. The summed E-state index contributed by atoms with van der Waals surface area (Å²) in [6.07, 6.45) is 6.45. The number of carboxylic acid groups (broad SMARTS) is 1. The smallest absolute Gasteiger partial charge is 0.303 e. The number of ether oxygens (including phenoxy) is 1. The molecule has 0 saturated heterocycles. The molecule has 0 spiro atoms. The highest BCUT2D eigenvalue weighted by Crippen LogP contribution is 2.25. The third-order valence-corrected chi connectivity index (χ3v) is 6.07. The second-order valence-electron chi connectivity index (χ2n) is 8.49. The number of halogens is 3. The molecule has 0 fully saturated rings. The maximum atomic E-state index is 13.1. The molecule has 3 aromatic carbocycles. The van der Waals surface area contributed by atoms with Crippen LogP contribution in [0.2, 0.25) is 10.0 Å². The first-order valence-corrected chi connectivity index (χ1v) is 12.9. The maximum Gasteiger partial charge on any atom is 0.303 e. The van der Waals surface area contributed by atoms with E-state index in [0.29, 0.717) is 29.4 Å². The third kappa shape index (κ3) is 10.8. The van der Waals surface area contributed by atoms with Gasteiger partial charge in [-0.05, 0) is 59.9 Å². The number of hydrogen-bond acceptors (Lipinski definition) is 3. The fourth-order valence-corrected chi connectivity index (χ4v) is 3.85. The van der Waals surface area contributed by atoms with E-state index in [4.69, 9.17) is 38.8 Å². The van der Waals surface area contributed by atoms with E-state index in [0.717, 1.165) is 29.5 Å². The summed E-state index contributed by atoms with van der Waals surface area (Å²) in [4.78, 5) is 21.7. The molecule has 0 radical (unpaired) electrons. The van der Waals surface area contributed by atoms with Gasteiger partial charge in [0.15, 0.2) is 0 Å². The molecule has 3 N–H and O–H groups in total. The Hall–Kier alpha value is -3.09. The van der Waals surface area contributed by atoms with Crippen LogP contribution in [0, 0.1) is 5.82 Å². The molecule has 3 rings (SSSR count). The van der Waals surface area contributed by atoms with E-state index in [1.165, 1.54) is 31.4 Å². The lowest BCUT2D eigenvalue weighted by molar-refractivity contribution is -0.136. The van der Waals surface area contributed by atoms with Crippen LogP contribution in [-0.2, 0) is 11.2 Å². The fraction of sp³-hybridized carbons (Fsp3) is 0.310. The maximum absolute atomic E-state index is 13.1. The SMILES string of the molecule is CCCCCCCOc1ccc(Cl)cc1C(N)=O.O=C(O)CCc1ccc(-c2ccc(F)c(Cl)c2)cc1. The zero-order valence-corrected chi connectivity index (χ0v) is 22.3. The quantitative estimate of drug-likeness (QED) is 0.225. The minimum Gasteiger partial charge on any atom is -0.493 e. The van der Waals surface area contributed by atoms with Crippen molar-refractivity contribution in [2.45, 2.75) is 51.9 Å². The largest absolute Gasteiger partial charge is 0.493 e. The molecule has 0 aromatic heterocycles. The first kappa shape index (κ1) is 30.1. The Morgan fingerprint density at radius 3 is 2.22 bits per heavy atom. The lowest BCUT2D eigenvalue weighted by Crippen LogP contribution is -2.13. The lowest BCUT2D eigenvalue weighted by Gasteiger charge is -2.09. The van der Waals surface area contributed by atoms with E-state index < -0.39 is 17.7 Å². The van der Waals surface area contributed by atoms with E-state index in [-0.39, 0.29) is 11.4 Å². The van der Waals surface area contributed by atoms with Crippen LogP contribution in [-0.4, -0.2) is 23.6 Å². The molecule has 0 aliphatic heterocycles. The Kier molecular flexibility index (Phi) is 12.9. The van der Waals surface area contributed by atoms with Crippen molar-refractivity contribution in [3.63, 3.8) is 0 Å². The molecule has 0 aliphatic rings. The Bertz CT molecular complexity index is 1170. The molecule has 0 aliphatic carbocycles. The predicted molar refractivity (Wildman–Crippen MR) is 147 cm³/mol. The molecule has 198 valence electrons. The minimum atomic E-state index is -0.811. The van der Waals surface area contributed by atoms with Gasteiger partial charge in [-0.2, -0.15) is 0 Å². The first-order valence-electron chi connectivity index (χ1n) is 12.2. The number of primary amides is 1. The summed E-state index contributed by atoms with van der Waals surface area (Å²) < 4.78 is 18.6. The second-order valence-corrected chi connectivity index (χ2v) is 9.33. The number of aryl methyl sites for hydroxylation is 1. The third-order valence-electron chi connectivity index (χ3n) is 5.55. The van der Waals surface area contributed by atoms with E-state index in [1.807, 2.05) is 24.3 Å². The molecule has 0 unspecified atom stereocenters. The molecule has 3 aromatic rings. The van der Waals surface area contributed by atoms with Crippen molar-refractivity contribution in [1.29, 1.82) is 0 Å². The van der Waals surface area contributed by atoms with Crippen LogP contribution in [0.1, 0.15) is 61.4 Å². The summed E-state index contributed by atoms with van der Waals surface area (Å²) in [6, 6.07) is 17.0. The van der Waals surface area contributed by atoms with Gasteiger partial charge in [-0.15, -0.1) is 0 Å². The molecule has 5 nitrogen and oxygen atoms in total. The summed E-state index contributed by atoms with van der Waals surface area (Å²) in [5, 5.41) is 9.19. The van der Waals surface area contributed by atoms with Crippen LogP contribution in [0.25, 0.3) is 11.1 Å². The highest BCUT2D eigenvalue weighted by atomic mass is 35.5. The van der Waals surface area contributed by atoms with Crippen LogP contribution in [0.15, 0.2) is 60.7 Å². The highest BCUT2D eigenvalue weighted by molar-refractivity contribution is 6.31. The van der Waals surface area contributed by atoms with Crippen molar-refractivity contribution in [3.05, 3.63) is 87.7 Å². The number of nitrogens with two attached hydrogens (primary N) is 1. The van der Waals surface area contributed by atoms with E-state index in [2.05, 4.69) is 6.92 Å². The summed E-state index contributed by atoms with van der Waals surface area (Å²) >= 11 is 11.6. The molecule has 0 atom stereocenters. The van der Waals surface area contributed by atoms with Gasteiger partial charge >= 0.3 is 5.97 Å². The van der Waals surface area contributed by atoms with Gasteiger partial charge in [0.05, 0.1) is 17.2 Å². The number of benzene rings is 3. The molecule has 0 bridgehead atoms. The average Bonchev–Trinajstić information content (AvgIpc) is 2.88. The van der Waals surface area contributed by atoms with Crippen molar-refractivity contribution < 1.29 is 23.8 Å². The van der Waals surface area contributed by atoms with Crippen LogP contribution >= 0.6 is 23.2 Å². The van der Waals surface area contributed by atoms with E-state index >= 15 is 0 Å². The molecule has 0 heterocycles. The van der Waals surface area contributed by atoms with Crippen molar-refractivity contribution in [1.82, 2.24) is 0 Å². The van der Waals surface area contributed by atoms with Crippen LogP contribution in [0.4, 0.5) is 4.39 Å². The van der Waals surface area contributed by atoms with E-state index in [9.17, 15) is 14.0 Å². The summed E-state index contributed by atoms with van der Waals surface area (Å²) in [5.74, 6) is -1.25. The number of rotatable bonds is 12. The summed E-state index contributed by atoms with van der Waals surface area (Å²) in [7, 11) is 0. The van der Waals surface area contributed by atoms with Crippen LogP contribution in [0.5, 0.6) is 5.75 Å². The summed E-state index contributed by atoms with van der Waals surface area (Å²) in [6.45, 7) is 2.79. The van der Waals surface area contributed by atoms with Gasteiger partial charge in [0.1, 0.15) is 11.6 Å². The Labute approximate surface area is 227 Å².